The SMILES string of the molecule is Cc1ccc(-c2nc(C(OB(c3ccccc3)c3ccccc3)(c3ccccc3)c3ccccc3)c3ccccn23)cc1. The molecule has 0 N–H and O–H groups in total. The largest absolute Gasteiger partial charge is 0.408 e. The van der Waals surface area contributed by atoms with Crippen LogP contribution in [0.2, 0.25) is 0 Å². The van der Waals surface area contributed by atoms with Crippen molar-refractivity contribution in [3.05, 3.63) is 192 Å². The highest BCUT2D eigenvalue weighted by Crippen LogP contribution is 2.43. The quantitative estimate of drug-likeness (QED) is 0.183. The van der Waals surface area contributed by atoms with Crippen LogP contribution in [0.5, 0.6) is 0 Å². The number of rotatable bonds is 8. The molecule has 3 nitrogen and oxygen atoms in total. The molecular weight excluding hydrogens is 523 g/mol. The topological polar surface area (TPSA) is 26.5 Å². The van der Waals surface area contributed by atoms with Gasteiger partial charge in [0.15, 0.2) is 0 Å². The third-order valence-electron chi connectivity index (χ3n) is 8.05. The molecule has 0 saturated heterocycles. The van der Waals surface area contributed by atoms with Gasteiger partial charge in [-0.3, -0.25) is 4.40 Å². The predicted octanol–water partition coefficient (Wildman–Crippen LogP) is 7.42. The molecule has 2 aromatic heterocycles. The zero-order chi connectivity index (χ0) is 29.1. The highest BCUT2D eigenvalue weighted by atomic mass is 16.5. The molecule has 43 heavy (non-hydrogen) atoms. The Hall–Kier alpha value is -5.19. The molecule has 0 atom stereocenters. The second kappa shape index (κ2) is 11.6. The Morgan fingerprint density at radius 1 is 0.558 bits per heavy atom. The number of hydrogen-bond acceptors (Lipinski definition) is 2. The van der Waals surface area contributed by atoms with Crippen molar-refractivity contribution in [3.63, 3.8) is 0 Å². The highest BCUT2D eigenvalue weighted by Gasteiger charge is 2.45. The average Bonchev–Trinajstić information content (AvgIpc) is 3.47. The first kappa shape index (κ1) is 26.7. The predicted molar refractivity (Wildman–Crippen MR) is 177 cm³/mol. The summed E-state index contributed by atoms with van der Waals surface area (Å²) in [5, 5.41) is 0. The Morgan fingerprint density at radius 3 is 1.58 bits per heavy atom. The molecule has 0 aliphatic rings. The van der Waals surface area contributed by atoms with E-state index in [9.17, 15) is 0 Å². The van der Waals surface area contributed by atoms with Crippen molar-refractivity contribution in [1.29, 1.82) is 0 Å². The fourth-order valence-electron chi connectivity index (χ4n) is 5.94. The highest BCUT2D eigenvalue weighted by molar-refractivity contribution is 6.80. The molecule has 0 radical (unpaired) electrons. The van der Waals surface area contributed by atoms with Gasteiger partial charge >= 0.3 is 6.92 Å². The lowest BCUT2D eigenvalue weighted by Crippen LogP contribution is -2.51. The lowest BCUT2D eigenvalue weighted by Gasteiger charge is -2.37. The van der Waals surface area contributed by atoms with E-state index in [1.807, 2.05) is 24.3 Å². The van der Waals surface area contributed by atoms with E-state index in [2.05, 4.69) is 157 Å². The number of aryl methyl sites for hydroxylation is 1. The molecule has 0 unspecified atom stereocenters. The summed E-state index contributed by atoms with van der Waals surface area (Å²) in [4.78, 5) is 5.49. The number of nitrogens with zero attached hydrogens (tertiary/aromatic N) is 2. The average molecular weight is 555 g/mol. The second-order valence-corrected chi connectivity index (χ2v) is 10.8. The normalized spacial score (nSPS) is 11.5. The smallest absolute Gasteiger partial charge is 0.362 e. The summed E-state index contributed by atoms with van der Waals surface area (Å²) in [6.07, 6.45) is 2.09. The van der Waals surface area contributed by atoms with Crippen LogP contribution in [-0.2, 0) is 10.3 Å². The zero-order valence-electron chi connectivity index (χ0n) is 24.0. The first-order valence-corrected chi connectivity index (χ1v) is 14.7. The maximum atomic E-state index is 7.67. The summed E-state index contributed by atoms with van der Waals surface area (Å²) in [7, 11) is 0. The molecule has 0 spiro atoms. The fraction of sp³-hybridized carbons (Fsp3) is 0.0513. The lowest BCUT2D eigenvalue weighted by molar-refractivity contribution is 0.159. The van der Waals surface area contributed by atoms with Gasteiger partial charge in [-0.2, -0.15) is 0 Å². The van der Waals surface area contributed by atoms with Crippen molar-refractivity contribution in [2.45, 2.75) is 12.5 Å². The lowest BCUT2D eigenvalue weighted by atomic mass is 9.54. The maximum absolute atomic E-state index is 7.67. The number of fused-ring (bicyclic) bond motifs is 1. The minimum Gasteiger partial charge on any atom is -0.408 e. The van der Waals surface area contributed by atoms with Gasteiger partial charge in [0, 0.05) is 11.8 Å². The van der Waals surface area contributed by atoms with E-state index in [4.69, 9.17) is 9.64 Å². The van der Waals surface area contributed by atoms with Crippen LogP contribution >= 0.6 is 0 Å². The third kappa shape index (κ3) is 4.96. The molecule has 0 bridgehead atoms. The van der Waals surface area contributed by atoms with Crippen LogP contribution in [0.15, 0.2) is 170 Å². The van der Waals surface area contributed by atoms with Crippen LogP contribution in [0.4, 0.5) is 0 Å². The molecule has 0 saturated carbocycles. The molecule has 0 aliphatic carbocycles. The van der Waals surface area contributed by atoms with Gasteiger partial charge < -0.3 is 4.65 Å². The molecule has 2 heterocycles. The van der Waals surface area contributed by atoms with Gasteiger partial charge in [0.25, 0.3) is 0 Å². The summed E-state index contributed by atoms with van der Waals surface area (Å²) < 4.78 is 9.85. The van der Waals surface area contributed by atoms with E-state index in [0.29, 0.717) is 0 Å². The molecule has 4 heteroatoms. The van der Waals surface area contributed by atoms with E-state index < -0.39 is 5.60 Å². The Bertz CT molecular complexity index is 1860. The standard InChI is InChI=1S/C39H31BN2O/c1-30-25-27-31(28-26-30)38-41-37(36-24-14-15-29-42(36)38)39(32-16-6-2-7-17-32,33-18-8-3-9-19-33)43-40(34-20-10-4-11-21-34)35-22-12-5-13-23-35/h2-29H,1H3. The van der Waals surface area contributed by atoms with Gasteiger partial charge in [-0.1, -0.05) is 157 Å². The number of hydrogen-bond donors (Lipinski definition) is 0. The minimum atomic E-state index is -1.05. The number of imidazole rings is 1. The van der Waals surface area contributed by atoms with Crippen molar-refractivity contribution in [3.8, 4) is 11.4 Å². The van der Waals surface area contributed by atoms with E-state index in [1.165, 1.54) is 5.56 Å². The first-order chi connectivity index (χ1) is 21.2. The maximum Gasteiger partial charge on any atom is 0.362 e. The van der Waals surface area contributed by atoms with E-state index in [0.717, 1.165) is 44.7 Å². The van der Waals surface area contributed by atoms with Crippen LogP contribution in [-0.4, -0.2) is 16.3 Å². The van der Waals surface area contributed by atoms with E-state index in [-0.39, 0.29) is 6.92 Å². The summed E-state index contributed by atoms with van der Waals surface area (Å²) in [5.41, 5.74) is 7.23. The van der Waals surface area contributed by atoms with E-state index in [1.54, 1.807) is 0 Å². The molecule has 206 valence electrons. The molecule has 7 rings (SSSR count). The van der Waals surface area contributed by atoms with Crippen LogP contribution in [0.25, 0.3) is 16.9 Å². The van der Waals surface area contributed by atoms with Gasteiger partial charge in [-0.25, -0.2) is 4.98 Å². The Balaban J connectivity index is 1.57. The molecule has 0 aliphatic heterocycles. The van der Waals surface area contributed by atoms with Crippen molar-refractivity contribution < 1.29 is 4.65 Å². The fourth-order valence-corrected chi connectivity index (χ4v) is 5.94. The van der Waals surface area contributed by atoms with Gasteiger partial charge in [0.1, 0.15) is 17.1 Å². The van der Waals surface area contributed by atoms with Crippen LogP contribution in [0.1, 0.15) is 22.4 Å². The van der Waals surface area contributed by atoms with Crippen LogP contribution in [0.3, 0.4) is 0 Å². The summed E-state index contributed by atoms with van der Waals surface area (Å²) in [6.45, 7) is 1.74. The van der Waals surface area contributed by atoms with Crippen molar-refractivity contribution in [1.82, 2.24) is 9.38 Å². The monoisotopic (exact) mass is 554 g/mol. The number of pyridine rings is 1. The Labute approximate surface area is 253 Å². The van der Waals surface area contributed by atoms with Gasteiger partial charge in [-0.15, -0.1) is 0 Å². The number of benzene rings is 5. The van der Waals surface area contributed by atoms with Gasteiger partial charge in [0.2, 0.25) is 0 Å². The molecule has 7 aromatic rings. The molecule has 0 fully saturated rings. The van der Waals surface area contributed by atoms with Crippen LogP contribution in [0, 0.1) is 6.92 Å². The second-order valence-electron chi connectivity index (χ2n) is 10.8. The first-order valence-electron chi connectivity index (χ1n) is 14.7. The Kier molecular flexibility index (Phi) is 7.20. The van der Waals surface area contributed by atoms with Gasteiger partial charge in [0.05, 0.1) is 5.52 Å². The molecule has 5 aromatic carbocycles. The molecule has 0 amide bonds. The summed E-state index contributed by atoms with van der Waals surface area (Å²) >= 11 is 0. The van der Waals surface area contributed by atoms with E-state index >= 15 is 0 Å². The minimum absolute atomic E-state index is 0.369. The molecular formula is C39H31BN2O. The summed E-state index contributed by atoms with van der Waals surface area (Å²) in [5.74, 6) is 0.876. The zero-order valence-corrected chi connectivity index (χ0v) is 24.0. The Morgan fingerprint density at radius 2 is 1.05 bits per heavy atom. The van der Waals surface area contributed by atoms with Crippen molar-refractivity contribution >= 4 is 23.4 Å². The van der Waals surface area contributed by atoms with Crippen molar-refractivity contribution in [2.75, 3.05) is 0 Å². The number of aromatic nitrogens is 2. The van der Waals surface area contributed by atoms with Gasteiger partial charge in [-0.05, 0) is 41.1 Å². The third-order valence-corrected chi connectivity index (χ3v) is 8.05. The van der Waals surface area contributed by atoms with Crippen molar-refractivity contribution in [2.24, 2.45) is 0 Å². The van der Waals surface area contributed by atoms with Crippen LogP contribution < -0.4 is 10.9 Å². The summed E-state index contributed by atoms with van der Waals surface area (Å²) in [6, 6.07) is 56.8.